The first-order valence-electron chi connectivity index (χ1n) is 6.79. The van der Waals surface area contributed by atoms with Crippen LogP contribution in [0.3, 0.4) is 0 Å². The van der Waals surface area contributed by atoms with E-state index in [0.29, 0.717) is 22.7 Å². The van der Waals surface area contributed by atoms with Gasteiger partial charge in [0.15, 0.2) is 0 Å². The van der Waals surface area contributed by atoms with Gasteiger partial charge in [0.05, 0.1) is 6.61 Å². The molecule has 4 atom stereocenters. The Morgan fingerprint density at radius 1 is 1.47 bits per heavy atom. The van der Waals surface area contributed by atoms with Gasteiger partial charge in [-0.15, -0.1) is 0 Å². The summed E-state index contributed by atoms with van der Waals surface area (Å²) in [5, 5.41) is 13.4. The van der Waals surface area contributed by atoms with Gasteiger partial charge in [0, 0.05) is 17.3 Å². The van der Waals surface area contributed by atoms with E-state index < -0.39 is 0 Å². The van der Waals surface area contributed by atoms with E-state index in [4.69, 9.17) is 0 Å². The number of hydrogen-bond acceptors (Lipinski definition) is 3. The van der Waals surface area contributed by atoms with Crippen molar-refractivity contribution in [3.63, 3.8) is 0 Å². The molecular weight excluding hydrogens is 230 g/mol. The predicted octanol–water partition coefficient (Wildman–Crippen LogP) is 2.90. The largest absolute Gasteiger partial charge is 0.395 e. The van der Waals surface area contributed by atoms with Gasteiger partial charge < -0.3 is 10.4 Å². The lowest BCUT2D eigenvalue weighted by atomic mass is 9.70. The van der Waals surface area contributed by atoms with E-state index in [1.807, 2.05) is 0 Å². The van der Waals surface area contributed by atoms with Crippen molar-refractivity contribution in [2.75, 3.05) is 12.9 Å². The molecule has 1 rings (SSSR count). The molecule has 3 heteroatoms. The average Bonchev–Trinajstić information content (AvgIpc) is 2.23. The summed E-state index contributed by atoms with van der Waals surface area (Å²) in [5.74, 6) is 0.738. The van der Waals surface area contributed by atoms with Crippen molar-refractivity contribution in [2.24, 2.45) is 11.3 Å². The van der Waals surface area contributed by atoms with Crippen LogP contribution in [0, 0.1) is 11.3 Å². The van der Waals surface area contributed by atoms with Gasteiger partial charge in [-0.2, -0.15) is 11.8 Å². The van der Waals surface area contributed by atoms with Crippen LogP contribution in [0.1, 0.15) is 47.0 Å². The summed E-state index contributed by atoms with van der Waals surface area (Å²) >= 11 is 1.76. The van der Waals surface area contributed by atoms with Crippen molar-refractivity contribution in [1.29, 1.82) is 0 Å². The van der Waals surface area contributed by atoms with Crippen molar-refractivity contribution in [1.82, 2.24) is 5.32 Å². The zero-order valence-electron chi connectivity index (χ0n) is 12.0. The van der Waals surface area contributed by atoms with E-state index in [2.05, 4.69) is 39.3 Å². The van der Waals surface area contributed by atoms with Crippen molar-refractivity contribution in [2.45, 2.75) is 64.3 Å². The second-order valence-electron chi connectivity index (χ2n) is 6.40. The Kier molecular flexibility index (Phi) is 5.81. The lowest BCUT2D eigenvalue weighted by Gasteiger charge is -2.41. The summed E-state index contributed by atoms with van der Waals surface area (Å²) in [6.45, 7) is 9.58. The summed E-state index contributed by atoms with van der Waals surface area (Å²) in [7, 11) is 0. The number of aliphatic hydroxyl groups is 1. The topological polar surface area (TPSA) is 32.3 Å². The Bertz CT molecular complexity index is 228. The average molecular weight is 259 g/mol. The molecule has 1 aliphatic carbocycles. The predicted molar refractivity (Wildman–Crippen MR) is 77.6 cm³/mol. The van der Waals surface area contributed by atoms with Gasteiger partial charge in [0.1, 0.15) is 0 Å². The van der Waals surface area contributed by atoms with E-state index >= 15 is 0 Å². The van der Waals surface area contributed by atoms with Crippen molar-refractivity contribution in [3.05, 3.63) is 0 Å². The standard InChI is InChI=1S/C14H29NOS/c1-10-8-14(3,4)7-6-12(10)15-11(2)13(9-16)17-5/h10-13,15-16H,6-9H2,1-5H3. The molecule has 4 unspecified atom stereocenters. The monoisotopic (exact) mass is 259 g/mol. The van der Waals surface area contributed by atoms with Crippen LogP contribution in [0.4, 0.5) is 0 Å². The van der Waals surface area contributed by atoms with Gasteiger partial charge in [-0.05, 0) is 43.8 Å². The molecule has 0 spiro atoms. The number of thioether (sulfide) groups is 1. The molecule has 0 aromatic rings. The number of rotatable bonds is 5. The molecule has 0 bridgehead atoms. The quantitative estimate of drug-likeness (QED) is 0.796. The van der Waals surface area contributed by atoms with E-state index in [1.165, 1.54) is 19.3 Å². The zero-order chi connectivity index (χ0) is 13.1. The fraction of sp³-hybridized carbons (Fsp3) is 1.00. The third-order valence-corrected chi connectivity index (χ3v) is 5.37. The molecule has 17 heavy (non-hydrogen) atoms. The Hall–Kier alpha value is 0.270. The number of hydrogen-bond donors (Lipinski definition) is 2. The molecule has 2 nitrogen and oxygen atoms in total. The zero-order valence-corrected chi connectivity index (χ0v) is 12.8. The molecule has 0 amide bonds. The molecule has 0 radical (unpaired) electrons. The molecule has 0 aromatic carbocycles. The minimum Gasteiger partial charge on any atom is -0.395 e. The molecule has 1 saturated carbocycles. The molecule has 1 aliphatic rings. The Morgan fingerprint density at radius 3 is 2.59 bits per heavy atom. The van der Waals surface area contributed by atoms with Gasteiger partial charge in [-0.1, -0.05) is 20.8 Å². The van der Waals surface area contributed by atoms with Gasteiger partial charge >= 0.3 is 0 Å². The van der Waals surface area contributed by atoms with E-state index in [0.717, 1.165) is 5.92 Å². The highest BCUT2D eigenvalue weighted by Gasteiger charge is 2.33. The lowest BCUT2D eigenvalue weighted by Crippen LogP contribution is -2.49. The maximum Gasteiger partial charge on any atom is 0.0564 e. The van der Waals surface area contributed by atoms with E-state index in [1.54, 1.807) is 11.8 Å². The molecule has 0 aromatic heterocycles. The smallest absolute Gasteiger partial charge is 0.0564 e. The highest BCUT2D eigenvalue weighted by atomic mass is 32.2. The lowest BCUT2D eigenvalue weighted by molar-refractivity contribution is 0.139. The van der Waals surface area contributed by atoms with Crippen LogP contribution in [0.2, 0.25) is 0 Å². The van der Waals surface area contributed by atoms with Crippen LogP contribution < -0.4 is 5.32 Å². The summed E-state index contributed by atoms with van der Waals surface area (Å²) in [6.07, 6.45) is 5.96. The maximum absolute atomic E-state index is 9.31. The highest BCUT2D eigenvalue weighted by Crippen LogP contribution is 2.38. The Morgan fingerprint density at radius 2 is 2.12 bits per heavy atom. The summed E-state index contributed by atoms with van der Waals surface area (Å²) in [4.78, 5) is 0. The minimum atomic E-state index is 0.266. The molecule has 2 N–H and O–H groups in total. The normalized spacial score (nSPS) is 32.1. The second kappa shape index (κ2) is 6.44. The first kappa shape index (κ1) is 15.3. The minimum absolute atomic E-state index is 0.266. The van der Waals surface area contributed by atoms with Crippen LogP contribution in [-0.2, 0) is 0 Å². The van der Waals surface area contributed by atoms with Gasteiger partial charge in [0.25, 0.3) is 0 Å². The third kappa shape index (κ3) is 4.46. The van der Waals surface area contributed by atoms with Gasteiger partial charge in [-0.25, -0.2) is 0 Å². The van der Waals surface area contributed by atoms with Crippen LogP contribution in [0.25, 0.3) is 0 Å². The second-order valence-corrected chi connectivity index (χ2v) is 7.48. The summed E-state index contributed by atoms with van der Waals surface area (Å²) in [6, 6.07) is 1.02. The number of nitrogens with one attached hydrogen (secondary N) is 1. The van der Waals surface area contributed by atoms with Crippen LogP contribution in [0.5, 0.6) is 0 Å². The SMILES string of the molecule is CSC(CO)C(C)NC1CCC(C)(C)CC1C. The summed E-state index contributed by atoms with van der Waals surface area (Å²) in [5.41, 5.74) is 0.511. The molecule has 0 heterocycles. The first-order chi connectivity index (χ1) is 7.89. The van der Waals surface area contributed by atoms with E-state index in [-0.39, 0.29) is 6.61 Å². The molecule has 0 saturated heterocycles. The van der Waals surface area contributed by atoms with Gasteiger partial charge in [0.2, 0.25) is 0 Å². The fourth-order valence-electron chi connectivity index (χ4n) is 3.08. The van der Waals surface area contributed by atoms with Crippen molar-refractivity contribution in [3.8, 4) is 0 Å². The van der Waals surface area contributed by atoms with E-state index in [9.17, 15) is 5.11 Å². The van der Waals surface area contributed by atoms with Crippen LogP contribution in [-0.4, -0.2) is 35.3 Å². The molecule has 0 aliphatic heterocycles. The van der Waals surface area contributed by atoms with Crippen molar-refractivity contribution >= 4 is 11.8 Å². The van der Waals surface area contributed by atoms with Crippen LogP contribution in [0.15, 0.2) is 0 Å². The molecule has 102 valence electrons. The maximum atomic E-state index is 9.31. The van der Waals surface area contributed by atoms with Gasteiger partial charge in [-0.3, -0.25) is 0 Å². The third-order valence-electron chi connectivity index (χ3n) is 4.21. The van der Waals surface area contributed by atoms with Crippen molar-refractivity contribution < 1.29 is 5.11 Å². The fourth-order valence-corrected chi connectivity index (χ4v) is 3.71. The molecule has 1 fully saturated rings. The summed E-state index contributed by atoms with van der Waals surface area (Å²) < 4.78 is 0. The Labute approximate surface area is 111 Å². The Balaban J connectivity index is 2.47. The first-order valence-corrected chi connectivity index (χ1v) is 8.08. The number of aliphatic hydroxyl groups excluding tert-OH is 1. The van der Waals surface area contributed by atoms with Crippen LogP contribution >= 0.6 is 11.8 Å². The highest BCUT2D eigenvalue weighted by molar-refractivity contribution is 7.99. The molecular formula is C14H29NOS.